The van der Waals surface area contributed by atoms with Crippen molar-refractivity contribution in [2.45, 2.75) is 83.4 Å². The summed E-state index contributed by atoms with van der Waals surface area (Å²) < 4.78 is 16.7. The fourth-order valence-corrected chi connectivity index (χ4v) is 4.97. The first kappa shape index (κ1) is 38.2. The van der Waals surface area contributed by atoms with E-state index in [9.17, 15) is 29.3 Å². The Balaban J connectivity index is 1.71. The van der Waals surface area contributed by atoms with Crippen LogP contribution in [0.3, 0.4) is 0 Å². The number of ether oxygens (including phenoxy) is 3. The van der Waals surface area contributed by atoms with Gasteiger partial charge in [-0.3, -0.25) is 9.59 Å². The normalized spacial score (nSPS) is 15.9. The monoisotopic (exact) mass is 683 g/mol. The summed E-state index contributed by atoms with van der Waals surface area (Å²) in [4.78, 5) is 69.2. The summed E-state index contributed by atoms with van der Waals surface area (Å²) in [5.74, 6) is -2.22. The zero-order valence-corrected chi connectivity index (χ0v) is 28.0. The molecule has 3 atom stereocenters. The summed E-state index contributed by atoms with van der Waals surface area (Å²) in [6.07, 6.45) is 0.312. The van der Waals surface area contributed by atoms with Crippen LogP contribution in [-0.4, -0.2) is 83.2 Å². The summed E-state index contributed by atoms with van der Waals surface area (Å²) in [6, 6.07) is 15.1. The van der Waals surface area contributed by atoms with Gasteiger partial charge in [-0.25, -0.2) is 24.7 Å². The van der Waals surface area contributed by atoms with Gasteiger partial charge in [0.25, 0.3) is 5.96 Å². The Hall–Kier alpha value is -5.25. The van der Waals surface area contributed by atoms with E-state index in [1.54, 1.807) is 50.5 Å². The lowest BCUT2D eigenvalue weighted by atomic mass is 10.1. The Bertz CT molecular complexity index is 1430. The SMILES string of the molecule is CC(C)(C)OC(=O)N[C@@H](COCc1ccccc1)C(=O)N1CCC[C@@H]1C(=O)N[C@@H](CCCN=C(N)N[N+](=O)[O-])C(=O)OCc1ccccc1. The lowest BCUT2D eigenvalue weighted by Crippen LogP contribution is -2.56. The molecule has 0 aromatic heterocycles. The van der Waals surface area contributed by atoms with Crippen LogP contribution in [0.15, 0.2) is 65.7 Å². The van der Waals surface area contributed by atoms with Gasteiger partial charge in [0, 0.05) is 13.1 Å². The molecule has 5 N–H and O–H groups in total. The Morgan fingerprint density at radius 3 is 2.24 bits per heavy atom. The number of guanidine groups is 1. The molecule has 0 unspecified atom stereocenters. The number of nitro groups is 1. The van der Waals surface area contributed by atoms with Crippen LogP contribution in [0.2, 0.25) is 0 Å². The molecule has 1 heterocycles. The molecule has 0 aliphatic carbocycles. The molecule has 266 valence electrons. The number of carbonyl (C=O) groups excluding carboxylic acids is 4. The van der Waals surface area contributed by atoms with Crippen LogP contribution in [0.5, 0.6) is 0 Å². The number of nitrogens with one attached hydrogen (secondary N) is 3. The van der Waals surface area contributed by atoms with E-state index >= 15 is 0 Å². The zero-order chi connectivity index (χ0) is 35.8. The van der Waals surface area contributed by atoms with E-state index in [2.05, 4.69) is 15.6 Å². The molecule has 1 aliphatic heterocycles. The van der Waals surface area contributed by atoms with Gasteiger partial charge in [0.05, 0.1) is 13.2 Å². The maximum Gasteiger partial charge on any atom is 0.408 e. The molecule has 16 heteroatoms. The van der Waals surface area contributed by atoms with Gasteiger partial charge in [-0.15, -0.1) is 0 Å². The van der Waals surface area contributed by atoms with Gasteiger partial charge in [0.15, 0.2) is 5.03 Å². The van der Waals surface area contributed by atoms with Crippen molar-refractivity contribution in [2.24, 2.45) is 10.7 Å². The zero-order valence-electron chi connectivity index (χ0n) is 28.0. The van der Waals surface area contributed by atoms with E-state index in [-0.39, 0.29) is 45.8 Å². The Morgan fingerprint density at radius 1 is 1.00 bits per heavy atom. The summed E-state index contributed by atoms with van der Waals surface area (Å²) in [5, 5.41) is 15.0. The van der Waals surface area contributed by atoms with Crippen molar-refractivity contribution < 1.29 is 38.4 Å². The topological polar surface area (TPSA) is 217 Å². The first-order valence-electron chi connectivity index (χ1n) is 16.0. The second-order valence-electron chi connectivity index (χ2n) is 12.3. The molecule has 1 aliphatic rings. The summed E-state index contributed by atoms with van der Waals surface area (Å²) in [6.45, 7) is 5.34. The molecule has 2 aromatic rings. The van der Waals surface area contributed by atoms with Crippen LogP contribution in [0.4, 0.5) is 4.79 Å². The molecule has 0 bridgehead atoms. The Morgan fingerprint density at radius 2 is 1.63 bits per heavy atom. The molecule has 3 amide bonds. The van der Waals surface area contributed by atoms with E-state index in [0.717, 1.165) is 11.1 Å². The van der Waals surface area contributed by atoms with E-state index < -0.39 is 58.6 Å². The van der Waals surface area contributed by atoms with Crippen molar-refractivity contribution in [1.82, 2.24) is 21.0 Å². The number of carbonyl (C=O) groups is 4. The predicted octanol–water partition coefficient (Wildman–Crippen LogP) is 2.19. The molecular formula is C33H45N7O9. The highest BCUT2D eigenvalue weighted by Crippen LogP contribution is 2.20. The minimum Gasteiger partial charge on any atom is -0.459 e. The fraction of sp³-hybridized carbons (Fsp3) is 0.485. The van der Waals surface area contributed by atoms with Crippen molar-refractivity contribution in [3.63, 3.8) is 0 Å². The van der Waals surface area contributed by atoms with Gasteiger partial charge in [-0.05, 0) is 57.6 Å². The first-order chi connectivity index (χ1) is 23.3. The maximum absolute atomic E-state index is 13.9. The number of likely N-dealkylation sites (tertiary alicyclic amines) is 1. The van der Waals surface area contributed by atoms with Crippen molar-refractivity contribution >= 4 is 29.8 Å². The lowest BCUT2D eigenvalue weighted by molar-refractivity contribution is -0.525. The number of esters is 1. The predicted molar refractivity (Wildman–Crippen MR) is 178 cm³/mol. The van der Waals surface area contributed by atoms with Crippen molar-refractivity contribution in [2.75, 3.05) is 19.7 Å². The molecule has 16 nitrogen and oxygen atoms in total. The van der Waals surface area contributed by atoms with Crippen LogP contribution in [0, 0.1) is 10.1 Å². The van der Waals surface area contributed by atoms with Gasteiger partial charge in [0.1, 0.15) is 30.3 Å². The molecule has 2 aromatic carbocycles. The smallest absolute Gasteiger partial charge is 0.408 e. The Labute approximate surface area is 284 Å². The van der Waals surface area contributed by atoms with E-state index in [4.69, 9.17) is 19.9 Å². The minimum atomic E-state index is -1.16. The molecule has 0 spiro atoms. The highest BCUT2D eigenvalue weighted by Gasteiger charge is 2.39. The van der Waals surface area contributed by atoms with E-state index in [1.165, 1.54) is 4.90 Å². The third kappa shape index (κ3) is 13.8. The number of rotatable bonds is 16. The van der Waals surface area contributed by atoms with Crippen LogP contribution in [0.1, 0.15) is 57.6 Å². The molecule has 0 radical (unpaired) electrons. The summed E-state index contributed by atoms with van der Waals surface area (Å²) in [5.41, 5.74) is 8.01. The fourth-order valence-electron chi connectivity index (χ4n) is 4.97. The van der Waals surface area contributed by atoms with Crippen LogP contribution in [0.25, 0.3) is 0 Å². The maximum atomic E-state index is 13.9. The number of nitrogens with two attached hydrogens (primary N) is 1. The third-order valence-corrected chi connectivity index (χ3v) is 7.19. The summed E-state index contributed by atoms with van der Waals surface area (Å²) >= 11 is 0. The number of hydrogen-bond donors (Lipinski definition) is 4. The second kappa shape index (κ2) is 18.9. The van der Waals surface area contributed by atoms with E-state index in [0.29, 0.717) is 12.8 Å². The van der Waals surface area contributed by atoms with Gasteiger partial charge in [0.2, 0.25) is 11.8 Å². The standard InChI is InChI=1S/C33H45N7O9/c1-33(2,3)49-32(44)37-26(22-47-20-23-12-6-4-7-13-23)29(42)39-19-11-17-27(39)28(41)36-25(16-10-18-35-31(34)38-40(45)46)30(43)48-21-24-14-8-5-9-15-24/h4-9,12-15,25-27H,10-11,16-22H2,1-3H3,(H,36,41)(H,37,44)(H3,34,35,38)/t25-,26-,27+/m0/s1. The number of alkyl carbamates (subject to hydrolysis) is 1. The van der Waals surface area contributed by atoms with Gasteiger partial charge >= 0.3 is 12.1 Å². The number of hydrazine groups is 1. The van der Waals surface area contributed by atoms with Crippen LogP contribution < -0.4 is 21.8 Å². The molecule has 0 saturated carbocycles. The van der Waals surface area contributed by atoms with Crippen LogP contribution in [-0.2, 0) is 41.8 Å². The molecule has 3 rings (SSSR count). The lowest BCUT2D eigenvalue weighted by Gasteiger charge is -2.30. The molecular weight excluding hydrogens is 638 g/mol. The van der Waals surface area contributed by atoms with Gasteiger partial charge < -0.3 is 35.5 Å². The first-order valence-corrected chi connectivity index (χ1v) is 16.0. The van der Waals surface area contributed by atoms with Crippen molar-refractivity contribution in [3.05, 3.63) is 81.9 Å². The average Bonchev–Trinajstić information content (AvgIpc) is 3.54. The molecule has 49 heavy (non-hydrogen) atoms. The average molecular weight is 684 g/mol. The molecule has 1 saturated heterocycles. The number of benzene rings is 2. The number of hydrogen-bond acceptors (Lipinski definition) is 10. The Kier molecular flexibility index (Phi) is 14.8. The second-order valence-corrected chi connectivity index (χ2v) is 12.3. The summed E-state index contributed by atoms with van der Waals surface area (Å²) in [7, 11) is 0. The molecule has 1 fully saturated rings. The van der Waals surface area contributed by atoms with E-state index in [1.807, 2.05) is 36.4 Å². The third-order valence-electron chi connectivity index (χ3n) is 7.19. The van der Waals surface area contributed by atoms with Gasteiger partial charge in [-0.1, -0.05) is 66.1 Å². The van der Waals surface area contributed by atoms with Crippen LogP contribution >= 0.6 is 0 Å². The number of aliphatic imine (C=N–C) groups is 1. The van der Waals surface area contributed by atoms with Gasteiger partial charge in [-0.2, -0.15) is 0 Å². The van der Waals surface area contributed by atoms with Crippen molar-refractivity contribution in [1.29, 1.82) is 0 Å². The van der Waals surface area contributed by atoms with Crippen molar-refractivity contribution in [3.8, 4) is 0 Å². The number of nitrogens with zero attached hydrogens (tertiary/aromatic N) is 3. The minimum absolute atomic E-state index is 0.0278. The highest BCUT2D eigenvalue weighted by molar-refractivity contribution is 5.93. The largest absolute Gasteiger partial charge is 0.459 e. The highest BCUT2D eigenvalue weighted by atomic mass is 16.7. The quantitative estimate of drug-likeness (QED) is 0.0502. The number of amides is 3.